The van der Waals surface area contributed by atoms with Crippen molar-refractivity contribution in [1.82, 2.24) is 14.9 Å². The largest absolute Gasteiger partial charge is 0.493 e. The van der Waals surface area contributed by atoms with E-state index >= 15 is 0 Å². The fourth-order valence-corrected chi connectivity index (χ4v) is 3.92. The molecule has 1 aromatic heterocycles. The van der Waals surface area contributed by atoms with Crippen molar-refractivity contribution >= 4 is 17.7 Å². The molecule has 152 valence electrons. The minimum absolute atomic E-state index is 0.0260. The molecule has 6 nitrogen and oxygen atoms in total. The first-order valence-electron chi connectivity index (χ1n) is 9.28. The van der Waals surface area contributed by atoms with Gasteiger partial charge in [0.2, 0.25) is 5.91 Å². The maximum atomic E-state index is 12.7. The number of hydrogen-bond acceptors (Lipinski definition) is 5. The Kier molecular flexibility index (Phi) is 6.82. The fraction of sp³-hybridized carbons (Fsp3) is 0.273. The van der Waals surface area contributed by atoms with E-state index in [2.05, 4.69) is 10.3 Å². The molecule has 0 aliphatic heterocycles. The number of rotatable bonds is 8. The molecule has 29 heavy (non-hydrogen) atoms. The first kappa shape index (κ1) is 20.8. The van der Waals surface area contributed by atoms with Gasteiger partial charge in [0.25, 0.3) is 0 Å². The second kappa shape index (κ2) is 9.52. The molecule has 2 aromatic carbocycles. The van der Waals surface area contributed by atoms with Crippen LogP contribution in [0.2, 0.25) is 0 Å². The third-order valence-corrected chi connectivity index (χ3v) is 5.66. The summed E-state index contributed by atoms with van der Waals surface area (Å²) < 4.78 is 12.6. The van der Waals surface area contributed by atoms with Crippen LogP contribution in [0.4, 0.5) is 0 Å². The van der Waals surface area contributed by atoms with Crippen LogP contribution in [0, 0.1) is 6.92 Å². The molecule has 1 heterocycles. The van der Waals surface area contributed by atoms with Crippen LogP contribution in [0.1, 0.15) is 18.3 Å². The quantitative estimate of drug-likeness (QED) is 0.568. The number of aromatic nitrogens is 2. The van der Waals surface area contributed by atoms with E-state index in [4.69, 9.17) is 9.47 Å². The number of carbonyl (C=O) groups excluding carboxylic acids is 1. The standard InChI is InChI=1S/C22H25N3O3S/c1-15(29-18-9-10-20(27-3)21(13-18)28-4)22(26)24-14-17-7-5-6-8-19(17)25-12-11-23-16(25)2/h5-13,15H,14H2,1-4H3,(H,24,26)/t15-/m0/s1. The summed E-state index contributed by atoms with van der Waals surface area (Å²) in [7, 11) is 3.20. The highest BCUT2D eigenvalue weighted by atomic mass is 32.2. The van der Waals surface area contributed by atoms with Crippen molar-refractivity contribution in [2.75, 3.05) is 14.2 Å². The Morgan fingerprint density at radius 3 is 2.62 bits per heavy atom. The van der Waals surface area contributed by atoms with E-state index in [0.717, 1.165) is 22.0 Å². The number of imidazole rings is 1. The number of benzene rings is 2. The minimum atomic E-state index is -0.254. The van der Waals surface area contributed by atoms with Crippen LogP contribution < -0.4 is 14.8 Å². The number of nitrogens with one attached hydrogen (secondary N) is 1. The molecule has 7 heteroatoms. The van der Waals surface area contributed by atoms with Crippen molar-refractivity contribution in [3.8, 4) is 17.2 Å². The molecule has 1 atom stereocenters. The van der Waals surface area contributed by atoms with Crippen LogP contribution in [0.15, 0.2) is 59.8 Å². The van der Waals surface area contributed by atoms with Gasteiger partial charge in [-0.05, 0) is 43.7 Å². The zero-order valence-electron chi connectivity index (χ0n) is 17.0. The molecule has 3 aromatic rings. The van der Waals surface area contributed by atoms with Gasteiger partial charge in [0.15, 0.2) is 11.5 Å². The number of thioether (sulfide) groups is 1. The van der Waals surface area contributed by atoms with E-state index in [0.29, 0.717) is 18.0 Å². The van der Waals surface area contributed by atoms with Crippen molar-refractivity contribution in [2.45, 2.75) is 30.5 Å². The zero-order valence-corrected chi connectivity index (χ0v) is 17.8. The van der Waals surface area contributed by atoms with Gasteiger partial charge in [-0.25, -0.2) is 4.98 Å². The van der Waals surface area contributed by atoms with E-state index in [-0.39, 0.29) is 11.2 Å². The molecule has 0 radical (unpaired) electrons. The molecule has 0 unspecified atom stereocenters. The summed E-state index contributed by atoms with van der Waals surface area (Å²) >= 11 is 1.48. The fourth-order valence-electron chi connectivity index (χ4n) is 3.00. The number of methoxy groups -OCH3 is 2. The average Bonchev–Trinajstić information content (AvgIpc) is 3.17. The number of nitrogens with zero attached hydrogens (tertiary/aromatic N) is 2. The van der Waals surface area contributed by atoms with Crippen LogP contribution in [0.5, 0.6) is 11.5 Å². The molecular weight excluding hydrogens is 386 g/mol. The summed E-state index contributed by atoms with van der Waals surface area (Å²) in [5, 5.41) is 2.79. The van der Waals surface area contributed by atoms with Crippen molar-refractivity contribution < 1.29 is 14.3 Å². The summed E-state index contributed by atoms with van der Waals surface area (Å²) in [4.78, 5) is 17.9. The van der Waals surface area contributed by atoms with E-state index in [1.54, 1.807) is 20.4 Å². The molecule has 1 amide bonds. The summed E-state index contributed by atoms with van der Waals surface area (Å²) in [5.41, 5.74) is 2.05. The lowest BCUT2D eigenvalue weighted by atomic mass is 10.1. The Hall–Kier alpha value is -2.93. The Bertz CT molecular complexity index is 987. The van der Waals surface area contributed by atoms with Crippen LogP contribution in [0.25, 0.3) is 5.69 Å². The number of para-hydroxylation sites is 1. The van der Waals surface area contributed by atoms with Crippen molar-refractivity contribution in [2.24, 2.45) is 0 Å². The zero-order chi connectivity index (χ0) is 20.8. The molecular formula is C22H25N3O3S. The summed E-state index contributed by atoms with van der Waals surface area (Å²) in [6, 6.07) is 13.6. The lowest BCUT2D eigenvalue weighted by molar-refractivity contribution is -0.120. The number of hydrogen-bond donors (Lipinski definition) is 1. The SMILES string of the molecule is COc1ccc(S[C@@H](C)C(=O)NCc2ccccc2-n2ccnc2C)cc1OC. The predicted molar refractivity (Wildman–Crippen MR) is 115 cm³/mol. The highest BCUT2D eigenvalue weighted by Crippen LogP contribution is 2.33. The Balaban J connectivity index is 1.65. The first-order valence-corrected chi connectivity index (χ1v) is 10.2. The van der Waals surface area contributed by atoms with E-state index in [9.17, 15) is 4.79 Å². The molecule has 1 N–H and O–H groups in total. The molecule has 0 saturated heterocycles. The van der Waals surface area contributed by atoms with Crippen LogP contribution >= 0.6 is 11.8 Å². The molecule has 0 saturated carbocycles. The predicted octanol–water partition coefficient (Wildman–Crippen LogP) is 3.99. The number of amides is 1. The minimum Gasteiger partial charge on any atom is -0.493 e. The maximum absolute atomic E-state index is 12.7. The molecule has 0 aliphatic carbocycles. The van der Waals surface area contributed by atoms with Crippen molar-refractivity contribution in [1.29, 1.82) is 0 Å². The molecule has 0 bridgehead atoms. The van der Waals surface area contributed by atoms with Gasteiger partial charge in [-0.15, -0.1) is 11.8 Å². The monoisotopic (exact) mass is 411 g/mol. The van der Waals surface area contributed by atoms with E-state index in [1.807, 2.05) is 67.1 Å². The molecule has 0 spiro atoms. The lowest BCUT2D eigenvalue weighted by Gasteiger charge is -2.16. The highest BCUT2D eigenvalue weighted by molar-refractivity contribution is 8.00. The molecule has 0 aliphatic rings. The lowest BCUT2D eigenvalue weighted by Crippen LogP contribution is -2.30. The summed E-state index contributed by atoms with van der Waals surface area (Å²) in [6.45, 7) is 4.29. The third kappa shape index (κ3) is 4.92. The van der Waals surface area contributed by atoms with Gasteiger partial charge in [-0.3, -0.25) is 4.79 Å². The Morgan fingerprint density at radius 1 is 1.17 bits per heavy atom. The Morgan fingerprint density at radius 2 is 1.93 bits per heavy atom. The normalized spacial score (nSPS) is 11.7. The van der Waals surface area contributed by atoms with E-state index in [1.165, 1.54) is 11.8 Å². The van der Waals surface area contributed by atoms with Gasteiger partial charge >= 0.3 is 0 Å². The number of carbonyl (C=O) groups is 1. The van der Waals surface area contributed by atoms with Gasteiger partial charge in [-0.2, -0.15) is 0 Å². The first-order chi connectivity index (χ1) is 14.0. The second-order valence-corrected chi connectivity index (χ2v) is 7.88. The van der Waals surface area contributed by atoms with Gasteiger partial charge in [0, 0.05) is 23.8 Å². The summed E-state index contributed by atoms with van der Waals surface area (Å²) in [6.07, 6.45) is 3.69. The van der Waals surface area contributed by atoms with Gasteiger partial charge in [-0.1, -0.05) is 18.2 Å². The van der Waals surface area contributed by atoms with Gasteiger partial charge in [0.1, 0.15) is 5.82 Å². The van der Waals surface area contributed by atoms with Gasteiger partial charge in [0.05, 0.1) is 25.2 Å². The second-order valence-electron chi connectivity index (χ2n) is 6.47. The van der Waals surface area contributed by atoms with E-state index < -0.39 is 0 Å². The van der Waals surface area contributed by atoms with Gasteiger partial charge < -0.3 is 19.4 Å². The Labute approximate surface area is 175 Å². The summed E-state index contributed by atoms with van der Waals surface area (Å²) in [5.74, 6) is 2.19. The third-order valence-electron chi connectivity index (χ3n) is 4.57. The number of aryl methyl sites for hydroxylation is 1. The van der Waals surface area contributed by atoms with Crippen LogP contribution in [-0.4, -0.2) is 34.9 Å². The van der Waals surface area contributed by atoms with Crippen LogP contribution in [0.3, 0.4) is 0 Å². The number of ether oxygens (including phenoxy) is 2. The highest BCUT2D eigenvalue weighted by Gasteiger charge is 2.16. The van der Waals surface area contributed by atoms with Crippen molar-refractivity contribution in [3.05, 3.63) is 66.2 Å². The van der Waals surface area contributed by atoms with Crippen molar-refractivity contribution in [3.63, 3.8) is 0 Å². The smallest absolute Gasteiger partial charge is 0.233 e. The average molecular weight is 412 g/mol. The molecule has 3 rings (SSSR count). The molecule has 0 fully saturated rings. The topological polar surface area (TPSA) is 65.4 Å². The maximum Gasteiger partial charge on any atom is 0.233 e. The van der Waals surface area contributed by atoms with Crippen LogP contribution in [-0.2, 0) is 11.3 Å².